The van der Waals surface area contributed by atoms with Crippen LogP contribution in [0.25, 0.3) is 33.6 Å². The number of hydrogen-bond donors (Lipinski definition) is 1. The number of halogens is 3. The molecule has 0 spiro atoms. The first-order valence-corrected chi connectivity index (χ1v) is 15.4. The van der Waals surface area contributed by atoms with E-state index in [0.29, 0.717) is 12.3 Å². The SMILES string of the molecule is Cc1onc(-c2cccc(-c3ccncc3)c2)c1-c1csc(C2CCN(C(=O)Cc3cccs3)CC2)n1.O=C(O)C(F)(F)F. The molecule has 44 heavy (non-hydrogen) atoms. The third kappa shape index (κ3) is 7.40. The first-order chi connectivity index (χ1) is 21.1. The van der Waals surface area contributed by atoms with Crippen LogP contribution in [0.4, 0.5) is 13.2 Å². The van der Waals surface area contributed by atoms with Crippen LogP contribution in [-0.4, -0.2) is 56.3 Å². The number of aryl methyl sites for hydroxylation is 1. The molecule has 1 aromatic carbocycles. The fourth-order valence-corrected chi connectivity index (χ4v) is 6.58. The molecule has 1 N–H and O–H groups in total. The van der Waals surface area contributed by atoms with E-state index < -0.39 is 12.1 Å². The van der Waals surface area contributed by atoms with Crippen molar-refractivity contribution in [3.05, 3.63) is 87.3 Å². The molecule has 5 aromatic rings. The van der Waals surface area contributed by atoms with Crippen LogP contribution in [-0.2, 0) is 16.0 Å². The van der Waals surface area contributed by atoms with Crippen LogP contribution >= 0.6 is 22.7 Å². The minimum atomic E-state index is -5.08. The molecule has 13 heteroatoms. The van der Waals surface area contributed by atoms with E-state index in [9.17, 15) is 18.0 Å². The van der Waals surface area contributed by atoms with Crippen molar-refractivity contribution in [2.45, 2.75) is 38.3 Å². The molecule has 4 aromatic heterocycles. The number of carboxylic acids is 1. The number of carbonyl (C=O) groups excluding carboxylic acids is 1. The Morgan fingerprint density at radius 2 is 1.73 bits per heavy atom. The Labute approximate surface area is 258 Å². The van der Waals surface area contributed by atoms with Gasteiger partial charge in [0.25, 0.3) is 0 Å². The number of thiazole rings is 1. The van der Waals surface area contributed by atoms with Crippen molar-refractivity contribution in [3.8, 4) is 33.6 Å². The van der Waals surface area contributed by atoms with Crippen molar-refractivity contribution in [1.29, 1.82) is 0 Å². The zero-order valence-electron chi connectivity index (χ0n) is 23.5. The van der Waals surface area contributed by atoms with Crippen molar-refractivity contribution in [2.24, 2.45) is 0 Å². The molecule has 0 atom stereocenters. The van der Waals surface area contributed by atoms with E-state index in [1.54, 1.807) is 35.1 Å². The van der Waals surface area contributed by atoms with Crippen molar-refractivity contribution in [2.75, 3.05) is 13.1 Å². The maximum Gasteiger partial charge on any atom is 0.490 e. The Morgan fingerprint density at radius 1 is 1.02 bits per heavy atom. The summed E-state index contributed by atoms with van der Waals surface area (Å²) in [7, 11) is 0. The summed E-state index contributed by atoms with van der Waals surface area (Å²) >= 11 is 3.33. The molecule has 1 amide bonds. The van der Waals surface area contributed by atoms with Crippen molar-refractivity contribution < 1.29 is 32.4 Å². The smallest absolute Gasteiger partial charge is 0.475 e. The molecule has 1 saturated heterocycles. The number of aromatic nitrogens is 3. The number of carbonyl (C=O) groups is 2. The number of piperidine rings is 1. The number of thiophene rings is 1. The van der Waals surface area contributed by atoms with Crippen LogP contribution in [0.3, 0.4) is 0 Å². The molecule has 5 heterocycles. The van der Waals surface area contributed by atoms with Gasteiger partial charge in [-0.25, -0.2) is 9.78 Å². The first kappa shape index (κ1) is 31.1. The van der Waals surface area contributed by atoms with Gasteiger partial charge in [0.2, 0.25) is 5.91 Å². The minimum Gasteiger partial charge on any atom is -0.475 e. The maximum absolute atomic E-state index is 12.7. The summed E-state index contributed by atoms with van der Waals surface area (Å²) in [5.41, 5.74) is 5.85. The van der Waals surface area contributed by atoms with Gasteiger partial charge >= 0.3 is 12.1 Å². The number of alkyl halides is 3. The van der Waals surface area contributed by atoms with Crippen molar-refractivity contribution >= 4 is 34.6 Å². The van der Waals surface area contributed by atoms with Crippen LogP contribution in [0.1, 0.15) is 34.4 Å². The summed E-state index contributed by atoms with van der Waals surface area (Å²) in [5.74, 6) is -1.41. The molecule has 0 bridgehead atoms. The van der Waals surface area contributed by atoms with E-state index in [-0.39, 0.29) is 5.91 Å². The minimum absolute atomic E-state index is 0.222. The van der Waals surface area contributed by atoms with E-state index in [1.165, 1.54) is 0 Å². The normalized spacial score (nSPS) is 13.8. The number of rotatable bonds is 6. The van der Waals surface area contributed by atoms with Crippen molar-refractivity contribution in [3.63, 3.8) is 0 Å². The Kier molecular flexibility index (Phi) is 9.55. The highest BCUT2D eigenvalue weighted by Crippen LogP contribution is 2.39. The summed E-state index contributed by atoms with van der Waals surface area (Å²) in [6.07, 6.45) is 0.893. The first-order valence-electron chi connectivity index (χ1n) is 13.6. The van der Waals surface area contributed by atoms with Crippen LogP contribution in [0.2, 0.25) is 0 Å². The summed E-state index contributed by atoms with van der Waals surface area (Å²) < 4.78 is 37.4. The van der Waals surface area contributed by atoms with Gasteiger partial charge in [-0.3, -0.25) is 9.78 Å². The number of hydrogen-bond acceptors (Lipinski definition) is 8. The van der Waals surface area contributed by atoms with Gasteiger partial charge in [0.15, 0.2) is 0 Å². The molecular formula is C31H27F3N4O4S2. The Bertz CT molecular complexity index is 1710. The number of likely N-dealkylation sites (tertiary alicyclic amines) is 1. The fourth-order valence-electron chi connectivity index (χ4n) is 4.90. The third-order valence-electron chi connectivity index (χ3n) is 7.14. The average Bonchev–Trinajstić information content (AvgIpc) is 3.79. The second kappa shape index (κ2) is 13.5. The molecule has 228 valence electrons. The Balaban J connectivity index is 0.000000493. The van der Waals surface area contributed by atoms with Crippen LogP contribution in [0, 0.1) is 6.92 Å². The second-order valence-electron chi connectivity index (χ2n) is 10.1. The molecular weight excluding hydrogens is 613 g/mol. The van der Waals surface area contributed by atoms with Crippen LogP contribution < -0.4 is 0 Å². The second-order valence-corrected chi connectivity index (χ2v) is 12.0. The summed E-state index contributed by atoms with van der Waals surface area (Å²) in [6, 6.07) is 16.4. The van der Waals surface area contributed by atoms with E-state index in [1.807, 2.05) is 47.5 Å². The number of aliphatic carboxylic acids is 1. The highest BCUT2D eigenvalue weighted by molar-refractivity contribution is 7.10. The van der Waals surface area contributed by atoms with E-state index in [0.717, 1.165) is 75.2 Å². The van der Waals surface area contributed by atoms with Gasteiger partial charge in [0.1, 0.15) is 11.5 Å². The number of amides is 1. The quantitative estimate of drug-likeness (QED) is 0.205. The van der Waals surface area contributed by atoms with Gasteiger partial charge in [0.05, 0.1) is 22.7 Å². The lowest BCUT2D eigenvalue weighted by Crippen LogP contribution is -2.38. The van der Waals surface area contributed by atoms with Gasteiger partial charge in [-0.1, -0.05) is 29.4 Å². The highest BCUT2D eigenvalue weighted by atomic mass is 32.1. The number of nitrogens with zero attached hydrogens (tertiary/aromatic N) is 4. The van der Waals surface area contributed by atoms with Gasteiger partial charge in [-0.15, -0.1) is 22.7 Å². The zero-order valence-corrected chi connectivity index (χ0v) is 25.1. The Hall–Kier alpha value is -4.36. The number of pyridine rings is 1. The van der Waals surface area contributed by atoms with Gasteiger partial charge < -0.3 is 14.5 Å². The molecule has 0 saturated carbocycles. The zero-order chi connectivity index (χ0) is 31.3. The maximum atomic E-state index is 12.7. The summed E-state index contributed by atoms with van der Waals surface area (Å²) in [5, 5.41) is 16.8. The molecule has 1 aliphatic heterocycles. The lowest BCUT2D eigenvalue weighted by molar-refractivity contribution is -0.192. The molecule has 0 radical (unpaired) electrons. The molecule has 1 fully saturated rings. The van der Waals surface area contributed by atoms with Gasteiger partial charge in [-0.05, 0) is 60.5 Å². The summed E-state index contributed by atoms with van der Waals surface area (Å²) in [6.45, 7) is 3.50. The fraction of sp³-hybridized carbons (Fsp3) is 0.258. The molecule has 8 nitrogen and oxygen atoms in total. The van der Waals surface area contributed by atoms with Crippen LogP contribution in [0.5, 0.6) is 0 Å². The lowest BCUT2D eigenvalue weighted by atomic mass is 9.97. The van der Waals surface area contributed by atoms with E-state index in [2.05, 4.69) is 33.7 Å². The summed E-state index contributed by atoms with van der Waals surface area (Å²) in [4.78, 5) is 33.9. The molecule has 1 aliphatic rings. The molecule has 0 unspecified atom stereocenters. The monoisotopic (exact) mass is 640 g/mol. The number of carboxylic acid groups (broad SMARTS) is 1. The molecule has 0 aliphatic carbocycles. The topological polar surface area (TPSA) is 109 Å². The van der Waals surface area contributed by atoms with E-state index in [4.69, 9.17) is 19.4 Å². The van der Waals surface area contributed by atoms with Crippen molar-refractivity contribution in [1.82, 2.24) is 20.0 Å². The van der Waals surface area contributed by atoms with Gasteiger partial charge in [-0.2, -0.15) is 13.2 Å². The standard InChI is InChI=1S/C29H26N4O2S2.C2HF3O2/c1-19-27(28(32-35-19)23-5-2-4-22(16-23)20-7-11-30-12-8-20)25-18-37-29(31-25)21-9-13-33(14-10-21)26(34)17-24-6-3-15-36-24;3-2(4,5)1(6)7/h2-8,11-12,15-16,18,21H,9-10,13-14,17H2,1H3;(H,6,7). The Morgan fingerprint density at radius 3 is 2.39 bits per heavy atom. The average molecular weight is 641 g/mol. The highest BCUT2D eigenvalue weighted by Gasteiger charge is 2.38. The van der Waals surface area contributed by atoms with E-state index >= 15 is 0 Å². The van der Waals surface area contributed by atoms with Crippen LogP contribution in [0.15, 0.2) is 76.2 Å². The molecule has 6 rings (SSSR count). The predicted molar refractivity (Wildman–Crippen MR) is 161 cm³/mol. The lowest BCUT2D eigenvalue weighted by Gasteiger charge is -2.31. The largest absolute Gasteiger partial charge is 0.490 e. The number of benzene rings is 1. The predicted octanol–water partition coefficient (Wildman–Crippen LogP) is 7.48. The third-order valence-corrected chi connectivity index (χ3v) is 9.02. The van der Waals surface area contributed by atoms with Gasteiger partial charge in [0, 0.05) is 47.2 Å².